The van der Waals surface area contributed by atoms with Crippen LogP contribution in [0.5, 0.6) is 0 Å². The molecule has 0 radical (unpaired) electrons. The van der Waals surface area contributed by atoms with Gasteiger partial charge < -0.3 is 14.4 Å². The lowest BCUT2D eigenvalue weighted by Gasteiger charge is -2.20. The predicted octanol–water partition coefficient (Wildman–Crippen LogP) is 3.06. The molecule has 0 unspecified atom stereocenters. The van der Waals surface area contributed by atoms with E-state index in [0.717, 1.165) is 30.8 Å². The average Bonchev–Trinajstić information content (AvgIpc) is 2.98. The zero-order valence-corrected chi connectivity index (χ0v) is 13.3. The summed E-state index contributed by atoms with van der Waals surface area (Å²) in [6.07, 6.45) is 0.723. The molecule has 1 heterocycles. The van der Waals surface area contributed by atoms with Gasteiger partial charge in [-0.25, -0.2) is 0 Å². The van der Waals surface area contributed by atoms with E-state index >= 15 is 0 Å². The number of benzene rings is 1. The third-order valence-corrected chi connectivity index (χ3v) is 4.08. The lowest BCUT2D eigenvalue weighted by molar-refractivity contribution is 0.296. The number of anilines is 1. The average molecular weight is 307 g/mol. The number of hydrogen-bond acceptors (Lipinski definition) is 6. The highest BCUT2D eigenvalue weighted by molar-refractivity contribution is 7.99. The Morgan fingerprint density at radius 3 is 2.48 bits per heavy atom. The maximum absolute atomic E-state index is 8.75. The van der Waals surface area contributed by atoms with E-state index in [1.807, 2.05) is 12.1 Å². The zero-order valence-electron chi connectivity index (χ0n) is 12.5. The molecular formula is C15H21N3O2S. The lowest BCUT2D eigenvalue weighted by Crippen LogP contribution is -2.21. The Morgan fingerprint density at radius 1 is 1.14 bits per heavy atom. The summed E-state index contributed by atoms with van der Waals surface area (Å²) in [5, 5.41) is 17.4. The van der Waals surface area contributed by atoms with Gasteiger partial charge in [0.25, 0.3) is 5.22 Å². The maximum atomic E-state index is 8.75. The first-order chi connectivity index (χ1) is 10.3. The van der Waals surface area contributed by atoms with E-state index in [9.17, 15) is 0 Å². The highest BCUT2D eigenvalue weighted by atomic mass is 32.2. The Bertz CT molecular complexity index is 538. The van der Waals surface area contributed by atoms with E-state index in [1.54, 1.807) is 0 Å². The van der Waals surface area contributed by atoms with E-state index < -0.39 is 0 Å². The first-order valence-electron chi connectivity index (χ1n) is 7.21. The molecule has 0 bridgehead atoms. The molecule has 21 heavy (non-hydrogen) atoms. The Labute approximate surface area is 129 Å². The summed E-state index contributed by atoms with van der Waals surface area (Å²) in [5.41, 5.74) is 2.12. The minimum atomic E-state index is 0.181. The first-order valence-corrected chi connectivity index (χ1v) is 8.19. The number of rotatable bonds is 8. The second-order valence-electron chi connectivity index (χ2n) is 4.52. The molecule has 0 aliphatic rings. The van der Waals surface area contributed by atoms with Gasteiger partial charge in [-0.15, -0.1) is 10.2 Å². The van der Waals surface area contributed by atoms with Crippen molar-refractivity contribution >= 4 is 17.4 Å². The topological polar surface area (TPSA) is 62.4 Å². The molecule has 0 aliphatic carbocycles. The van der Waals surface area contributed by atoms with Gasteiger partial charge in [-0.2, -0.15) is 0 Å². The SMILES string of the molecule is CCN(CC)c1ccc(-c2nnc(SCCCO)o2)cc1. The molecule has 0 fully saturated rings. The number of aromatic nitrogens is 2. The van der Waals surface area contributed by atoms with Crippen molar-refractivity contribution in [1.29, 1.82) is 0 Å². The second kappa shape index (κ2) is 8.05. The van der Waals surface area contributed by atoms with E-state index in [0.29, 0.717) is 11.1 Å². The molecule has 0 aliphatic heterocycles. The molecule has 0 saturated heterocycles. The van der Waals surface area contributed by atoms with E-state index in [1.165, 1.54) is 17.4 Å². The van der Waals surface area contributed by atoms with Gasteiger partial charge in [-0.05, 0) is 44.5 Å². The Morgan fingerprint density at radius 2 is 1.86 bits per heavy atom. The van der Waals surface area contributed by atoms with Crippen molar-refractivity contribution < 1.29 is 9.52 Å². The molecule has 0 amide bonds. The van der Waals surface area contributed by atoms with Gasteiger partial charge in [0.15, 0.2) is 0 Å². The molecule has 1 aromatic heterocycles. The molecule has 0 spiro atoms. The van der Waals surface area contributed by atoms with Crippen LogP contribution < -0.4 is 4.90 Å². The van der Waals surface area contributed by atoms with Crippen molar-refractivity contribution in [3.63, 3.8) is 0 Å². The van der Waals surface area contributed by atoms with Crippen LogP contribution in [0.25, 0.3) is 11.5 Å². The smallest absolute Gasteiger partial charge is 0.276 e. The molecular weight excluding hydrogens is 286 g/mol. The van der Waals surface area contributed by atoms with Crippen LogP contribution in [0.1, 0.15) is 20.3 Å². The maximum Gasteiger partial charge on any atom is 0.276 e. The summed E-state index contributed by atoms with van der Waals surface area (Å²) in [4.78, 5) is 2.29. The van der Waals surface area contributed by atoms with Crippen molar-refractivity contribution in [3.8, 4) is 11.5 Å². The molecule has 6 heteroatoms. The lowest BCUT2D eigenvalue weighted by atomic mass is 10.2. The van der Waals surface area contributed by atoms with Crippen molar-refractivity contribution in [2.45, 2.75) is 25.5 Å². The summed E-state index contributed by atoms with van der Waals surface area (Å²) in [6.45, 7) is 6.45. The number of aliphatic hydroxyl groups is 1. The summed E-state index contributed by atoms with van der Waals surface area (Å²) in [5.74, 6) is 1.31. The van der Waals surface area contributed by atoms with E-state index in [2.05, 4.69) is 41.1 Å². The van der Waals surface area contributed by atoms with Crippen molar-refractivity contribution in [2.75, 3.05) is 30.3 Å². The van der Waals surface area contributed by atoms with Gasteiger partial charge in [0.2, 0.25) is 5.89 Å². The van der Waals surface area contributed by atoms with Gasteiger partial charge in [0.1, 0.15) is 0 Å². The number of hydrogen-bond donors (Lipinski definition) is 1. The van der Waals surface area contributed by atoms with Crippen LogP contribution in [0.15, 0.2) is 33.9 Å². The van der Waals surface area contributed by atoms with E-state index in [4.69, 9.17) is 9.52 Å². The molecule has 0 atom stereocenters. The standard InChI is InChI=1S/C15H21N3O2S/c1-3-18(4-2)13-8-6-12(7-9-13)14-16-17-15(20-14)21-11-5-10-19/h6-9,19H,3-5,10-11H2,1-2H3. The molecule has 1 aromatic carbocycles. The van der Waals surface area contributed by atoms with Crippen LogP contribution in [-0.4, -0.2) is 40.8 Å². The highest BCUT2D eigenvalue weighted by Crippen LogP contribution is 2.25. The summed E-state index contributed by atoms with van der Waals surface area (Å²) >= 11 is 1.47. The van der Waals surface area contributed by atoms with Gasteiger partial charge in [0.05, 0.1) is 0 Å². The molecule has 114 valence electrons. The molecule has 2 aromatic rings. The van der Waals surface area contributed by atoms with Gasteiger partial charge >= 0.3 is 0 Å². The van der Waals surface area contributed by atoms with Crippen LogP contribution in [-0.2, 0) is 0 Å². The number of thioether (sulfide) groups is 1. The zero-order chi connectivity index (χ0) is 15.1. The molecule has 1 N–H and O–H groups in total. The largest absolute Gasteiger partial charge is 0.411 e. The fraction of sp³-hybridized carbons (Fsp3) is 0.467. The predicted molar refractivity (Wildman–Crippen MR) is 85.7 cm³/mol. The van der Waals surface area contributed by atoms with Gasteiger partial charge in [-0.3, -0.25) is 0 Å². The molecule has 0 saturated carbocycles. The number of nitrogens with zero attached hydrogens (tertiary/aromatic N) is 3. The van der Waals surface area contributed by atoms with Crippen LogP contribution in [0.4, 0.5) is 5.69 Å². The fourth-order valence-corrected chi connectivity index (χ4v) is 2.70. The Balaban J connectivity index is 2.05. The minimum Gasteiger partial charge on any atom is -0.411 e. The normalized spacial score (nSPS) is 10.8. The second-order valence-corrected chi connectivity index (χ2v) is 5.56. The minimum absolute atomic E-state index is 0.181. The Hall–Kier alpha value is -1.53. The highest BCUT2D eigenvalue weighted by Gasteiger charge is 2.09. The first kappa shape index (κ1) is 15.9. The third-order valence-electron chi connectivity index (χ3n) is 3.18. The van der Waals surface area contributed by atoms with Crippen LogP contribution in [0.3, 0.4) is 0 Å². The Kier molecular flexibility index (Phi) is 6.07. The van der Waals surface area contributed by atoms with Crippen LogP contribution in [0, 0.1) is 0 Å². The summed E-state index contributed by atoms with van der Waals surface area (Å²) < 4.78 is 5.61. The van der Waals surface area contributed by atoms with Crippen molar-refractivity contribution in [1.82, 2.24) is 10.2 Å². The fourth-order valence-electron chi connectivity index (χ4n) is 2.01. The third kappa shape index (κ3) is 4.22. The molecule has 5 nitrogen and oxygen atoms in total. The monoisotopic (exact) mass is 307 g/mol. The summed E-state index contributed by atoms with van der Waals surface area (Å²) in [6, 6.07) is 8.16. The van der Waals surface area contributed by atoms with Gasteiger partial charge in [-0.1, -0.05) is 11.8 Å². The van der Waals surface area contributed by atoms with E-state index in [-0.39, 0.29) is 6.61 Å². The number of aliphatic hydroxyl groups excluding tert-OH is 1. The quantitative estimate of drug-likeness (QED) is 0.597. The van der Waals surface area contributed by atoms with Crippen LogP contribution in [0.2, 0.25) is 0 Å². The van der Waals surface area contributed by atoms with Gasteiger partial charge in [0, 0.05) is 36.7 Å². The van der Waals surface area contributed by atoms with Crippen molar-refractivity contribution in [2.24, 2.45) is 0 Å². The molecule has 2 rings (SSSR count). The van der Waals surface area contributed by atoms with Crippen molar-refractivity contribution in [3.05, 3.63) is 24.3 Å². The summed E-state index contributed by atoms with van der Waals surface area (Å²) in [7, 11) is 0. The van der Waals surface area contributed by atoms with Crippen LogP contribution >= 0.6 is 11.8 Å².